The Bertz CT molecular complexity index is 228. The third kappa shape index (κ3) is 3.05. The maximum atomic E-state index is 11.0. The van der Waals surface area contributed by atoms with Crippen LogP contribution < -0.4 is 16.2 Å². The average molecular weight is 181 g/mol. The molecule has 1 aliphatic rings. The van der Waals surface area contributed by atoms with E-state index in [1.807, 2.05) is 0 Å². The molecule has 0 saturated carbocycles. The molecule has 3 N–H and O–H groups in total. The molecule has 1 rings (SSSR count). The molecular formula is C9H15N3O. The molecule has 0 atom stereocenters. The molecule has 0 bridgehead atoms. The van der Waals surface area contributed by atoms with E-state index in [1.165, 1.54) is 0 Å². The van der Waals surface area contributed by atoms with E-state index in [9.17, 15) is 4.79 Å². The van der Waals surface area contributed by atoms with Gasteiger partial charge in [-0.05, 0) is 12.8 Å². The van der Waals surface area contributed by atoms with Gasteiger partial charge in [0.15, 0.2) is 0 Å². The Hall–Kier alpha value is -1.05. The van der Waals surface area contributed by atoms with E-state index in [-0.39, 0.29) is 11.6 Å². The molecule has 0 unspecified atom stereocenters. The van der Waals surface area contributed by atoms with Crippen LogP contribution in [0.2, 0.25) is 0 Å². The highest BCUT2D eigenvalue weighted by atomic mass is 16.1. The van der Waals surface area contributed by atoms with Crippen LogP contribution in [0.4, 0.5) is 0 Å². The topological polar surface area (TPSA) is 73.0 Å². The number of hydrogen-bond donors (Lipinski definition) is 3. The lowest BCUT2D eigenvalue weighted by atomic mass is 10.0. The molecule has 0 aliphatic carbocycles. The molecular weight excluding hydrogens is 166 g/mol. The van der Waals surface area contributed by atoms with Crippen molar-refractivity contribution in [2.45, 2.75) is 31.3 Å². The third-order valence-corrected chi connectivity index (χ3v) is 2.23. The first-order valence-electron chi connectivity index (χ1n) is 4.41. The molecule has 0 radical (unpaired) electrons. The summed E-state index contributed by atoms with van der Waals surface area (Å²) in [4.78, 5) is 11.0. The van der Waals surface area contributed by atoms with Crippen molar-refractivity contribution < 1.29 is 4.79 Å². The number of amides is 1. The van der Waals surface area contributed by atoms with Gasteiger partial charge in [0.05, 0.1) is 5.66 Å². The summed E-state index contributed by atoms with van der Waals surface area (Å²) < 4.78 is 0. The maximum Gasteiger partial charge on any atom is 0.219 e. The zero-order chi connectivity index (χ0) is 9.73. The molecule has 1 saturated heterocycles. The smallest absolute Gasteiger partial charge is 0.219 e. The second kappa shape index (κ2) is 4.26. The highest BCUT2D eigenvalue weighted by Gasteiger charge is 2.40. The predicted octanol–water partition coefficient (Wildman–Crippen LogP) is -0.270. The highest BCUT2D eigenvalue weighted by molar-refractivity contribution is 5.75. The lowest BCUT2D eigenvalue weighted by Crippen LogP contribution is -2.24. The van der Waals surface area contributed by atoms with Gasteiger partial charge in [0.2, 0.25) is 5.91 Å². The normalized spacial score (nSPS) is 17.5. The van der Waals surface area contributed by atoms with Crippen LogP contribution >= 0.6 is 0 Å². The minimum atomic E-state index is -0.0706. The Kier molecular flexibility index (Phi) is 3.29. The standard InChI is InChI=1S/C9H15N3O/c1-3-4-6-9(11-12-9)7-5-8(13)10-2/h1,11-12H,4-7H2,2H3,(H,10,13). The van der Waals surface area contributed by atoms with E-state index in [4.69, 9.17) is 6.42 Å². The molecule has 4 nitrogen and oxygen atoms in total. The number of rotatable bonds is 5. The van der Waals surface area contributed by atoms with E-state index < -0.39 is 0 Å². The van der Waals surface area contributed by atoms with Crippen molar-refractivity contribution >= 4 is 5.91 Å². The molecule has 13 heavy (non-hydrogen) atoms. The number of hydrazine groups is 1. The molecule has 1 amide bonds. The second-order valence-corrected chi connectivity index (χ2v) is 3.21. The van der Waals surface area contributed by atoms with Crippen LogP contribution in [0.1, 0.15) is 25.7 Å². The van der Waals surface area contributed by atoms with Crippen LogP contribution in [0.15, 0.2) is 0 Å². The molecule has 0 aromatic carbocycles. The Morgan fingerprint density at radius 3 is 2.69 bits per heavy atom. The molecule has 1 aliphatic heterocycles. The van der Waals surface area contributed by atoms with Gasteiger partial charge in [-0.25, -0.2) is 10.9 Å². The summed E-state index contributed by atoms with van der Waals surface area (Å²) in [6, 6.07) is 0. The monoisotopic (exact) mass is 181 g/mol. The minimum absolute atomic E-state index is 0.0654. The SMILES string of the molecule is C#CCCC1(CCC(=O)NC)NN1. The second-order valence-electron chi connectivity index (χ2n) is 3.21. The van der Waals surface area contributed by atoms with Crippen LogP contribution in [0.5, 0.6) is 0 Å². The largest absolute Gasteiger partial charge is 0.359 e. The van der Waals surface area contributed by atoms with Gasteiger partial charge in [-0.2, -0.15) is 0 Å². The van der Waals surface area contributed by atoms with Crippen LogP contribution in [0.3, 0.4) is 0 Å². The highest BCUT2D eigenvalue weighted by Crippen LogP contribution is 2.23. The van der Waals surface area contributed by atoms with Crippen molar-refractivity contribution in [1.29, 1.82) is 0 Å². The van der Waals surface area contributed by atoms with E-state index in [1.54, 1.807) is 7.05 Å². The summed E-state index contributed by atoms with van der Waals surface area (Å²) in [5.74, 6) is 2.65. The van der Waals surface area contributed by atoms with Crippen molar-refractivity contribution in [3.05, 3.63) is 0 Å². The van der Waals surface area contributed by atoms with E-state index in [2.05, 4.69) is 22.1 Å². The predicted molar refractivity (Wildman–Crippen MR) is 50.4 cm³/mol. The third-order valence-electron chi connectivity index (χ3n) is 2.23. The van der Waals surface area contributed by atoms with Crippen molar-refractivity contribution in [2.24, 2.45) is 0 Å². The molecule has 4 heteroatoms. The maximum absolute atomic E-state index is 11.0. The van der Waals surface area contributed by atoms with Gasteiger partial charge in [-0.15, -0.1) is 12.3 Å². The first-order chi connectivity index (χ1) is 6.22. The lowest BCUT2D eigenvalue weighted by molar-refractivity contribution is -0.120. The van der Waals surface area contributed by atoms with E-state index >= 15 is 0 Å². The van der Waals surface area contributed by atoms with Crippen LogP contribution in [0.25, 0.3) is 0 Å². The van der Waals surface area contributed by atoms with E-state index in [0.717, 1.165) is 19.3 Å². The van der Waals surface area contributed by atoms with Gasteiger partial charge < -0.3 is 5.32 Å². The van der Waals surface area contributed by atoms with Crippen molar-refractivity contribution in [3.8, 4) is 12.3 Å². The van der Waals surface area contributed by atoms with Crippen LogP contribution in [-0.4, -0.2) is 18.6 Å². The average Bonchev–Trinajstić information content (AvgIpc) is 2.92. The van der Waals surface area contributed by atoms with Gasteiger partial charge in [0.1, 0.15) is 0 Å². The zero-order valence-electron chi connectivity index (χ0n) is 7.81. The van der Waals surface area contributed by atoms with Crippen molar-refractivity contribution in [2.75, 3.05) is 7.05 Å². The molecule has 0 aromatic rings. The first kappa shape index (κ1) is 10.0. The summed E-state index contributed by atoms with van der Waals surface area (Å²) >= 11 is 0. The molecule has 1 fully saturated rings. The molecule has 1 heterocycles. The lowest BCUT2D eigenvalue weighted by Gasteiger charge is -2.08. The Morgan fingerprint density at radius 2 is 2.23 bits per heavy atom. The summed E-state index contributed by atoms with van der Waals surface area (Å²) in [7, 11) is 1.64. The van der Waals surface area contributed by atoms with Gasteiger partial charge in [-0.3, -0.25) is 4.79 Å². The van der Waals surface area contributed by atoms with Gasteiger partial charge in [-0.1, -0.05) is 0 Å². The van der Waals surface area contributed by atoms with Crippen LogP contribution in [-0.2, 0) is 4.79 Å². The van der Waals surface area contributed by atoms with Crippen LogP contribution in [0, 0.1) is 12.3 Å². The summed E-state index contributed by atoms with van der Waals surface area (Å²) in [5, 5.41) is 2.59. The number of terminal acetylenes is 1. The molecule has 72 valence electrons. The van der Waals surface area contributed by atoms with E-state index in [0.29, 0.717) is 6.42 Å². The fourth-order valence-corrected chi connectivity index (χ4v) is 1.20. The summed E-state index contributed by atoms with van der Waals surface area (Å²) in [6.45, 7) is 0. The fourth-order valence-electron chi connectivity index (χ4n) is 1.20. The van der Waals surface area contributed by atoms with Gasteiger partial charge in [0.25, 0.3) is 0 Å². The van der Waals surface area contributed by atoms with Gasteiger partial charge >= 0.3 is 0 Å². The first-order valence-corrected chi connectivity index (χ1v) is 4.41. The van der Waals surface area contributed by atoms with Gasteiger partial charge in [0, 0.05) is 19.9 Å². The number of carbonyl (C=O) groups is 1. The Labute approximate surface area is 78.4 Å². The Morgan fingerprint density at radius 1 is 1.54 bits per heavy atom. The fraction of sp³-hybridized carbons (Fsp3) is 0.667. The van der Waals surface area contributed by atoms with Crippen molar-refractivity contribution in [1.82, 2.24) is 16.2 Å². The Balaban J connectivity index is 2.20. The number of nitrogens with one attached hydrogen (secondary N) is 3. The van der Waals surface area contributed by atoms with Crippen molar-refractivity contribution in [3.63, 3.8) is 0 Å². The summed E-state index contributed by atoms with van der Waals surface area (Å²) in [5.41, 5.74) is 6.00. The summed E-state index contributed by atoms with van der Waals surface area (Å²) in [6.07, 6.45) is 8.08. The quantitative estimate of drug-likeness (QED) is 0.404. The number of carbonyl (C=O) groups excluding carboxylic acids is 1. The zero-order valence-corrected chi connectivity index (χ0v) is 7.81. The minimum Gasteiger partial charge on any atom is -0.359 e. The molecule has 0 spiro atoms. The number of hydrogen-bond acceptors (Lipinski definition) is 3. The molecule has 0 aromatic heterocycles.